The summed E-state index contributed by atoms with van der Waals surface area (Å²) in [6, 6.07) is 1.58. The Kier molecular flexibility index (Phi) is 4.45. The first-order valence-corrected chi connectivity index (χ1v) is 7.26. The summed E-state index contributed by atoms with van der Waals surface area (Å²) >= 11 is 0. The maximum Gasteiger partial charge on any atom is 0.0351 e. The summed E-state index contributed by atoms with van der Waals surface area (Å²) in [6.45, 7) is 18.2. The van der Waals surface area contributed by atoms with Crippen molar-refractivity contribution in [1.29, 1.82) is 0 Å². The van der Waals surface area contributed by atoms with Crippen LogP contribution >= 0.6 is 0 Å². The molecule has 2 aliphatic rings. The fraction of sp³-hybridized carbons (Fsp3) is 1.00. The molecule has 0 radical (unpaired) electrons. The van der Waals surface area contributed by atoms with Crippen LogP contribution in [0.1, 0.15) is 27.7 Å². The van der Waals surface area contributed by atoms with Crippen LogP contribution in [-0.4, -0.2) is 72.6 Å². The van der Waals surface area contributed by atoms with E-state index in [1.807, 2.05) is 0 Å². The molecule has 0 aromatic carbocycles. The average molecular weight is 239 g/mol. The van der Waals surface area contributed by atoms with Crippen molar-refractivity contribution in [2.45, 2.75) is 39.8 Å². The number of nitrogens with zero attached hydrogens (tertiary/aromatic N) is 3. The summed E-state index contributed by atoms with van der Waals surface area (Å²) in [5, 5.41) is 0. The topological polar surface area (TPSA) is 9.72 Å². The highest BCUT2D eigenvalue weighted by Gasteiger charge is 2.34. The minimum Gasteiger partial charge on any atom is -0.301 e. The molecule has 0 bridgehead atoms. The Hall–Kier alpha value is -0.120. The third-order valence-electron chi connectivity index (χ3n) is 4.17. The zero-order valence-electron chi connectivity index (χ0n) is 12.0. The molecule has 0 aromatic heterocycles. The normalized spacial score (nSPS) is 25.8. The Morgan fingerprint density at radius 2 is 1.53 bits per heavy atom. The highest BCUT2D eigenvalue weighted by molar-refractivity contribution is 4.91. The second kappa shape index (κ2) is 5.68. The molecule has 3 heteroatoms. The molecule has 0 atom stereocenters. The van der Waals surface area contributed by atoms with Gasteiger partial charge in [0, 0.05) is 57.9 Å². The van der Waals surface area contributed by atoms with Crippen molar-refractivity contribution >= 4 is 0 Å². The lowest BCUT2D eigenvalue weighted by Crippen LogP contribution is -2.64. The average Bonchev–Trinajstić information content (AvgIpc) is 2.16. The van der Waals surface area contributed by atoms with Crippen LogP contribution in [0.4, 0.5) is 0 Å². The van der Waals surface area contributed by atoms with Gasteiger partial charge < -0.3 is 4.90 Å². The zero-order valence-corrected chi connectivity index (χ0v) is 12.0. The number of hydrogen-bond acceptors (Lipinski definition) is 3. The van der Waals surface area contributed by atoms with E-state index in [0.29, 0.717) is 0 Å². The summed E-state index contributed by atoms with van der Waals surface area (Å²) in [5.41, 5.74) is 0. The molecule has 2 aliphatic heterocycles. The predicted molar refractivity (Wildman–Crippen MR) is 73.3 cm³/mol. The van der Waals surface area contributed by atoms with E-state index >= 15 is 0 Å². The van der Waals surface area contributed by atoms with E-state index < -0.39 is 0 Å². The van der Waals surface area contributed by atoms with Gasteiger partial charge in [0.05, 0.1) is 0 Å². The van der Waals surface area contributed by atoms with Crippen molar-refractivity contribution in [1.82, 2.24) is 14.7 Å². The van der Waals surface area contributed by atoms with Crippen molar-refractivity contribution in [3.05, 3.63) is 0 Å². The summed E-state index contributed by atoms with van der Waals surface area (Å²) in [4.78, 5) is 7.90. The fourth-order valence-corrected chi connectivity index (χ4v) is 2.97. The van der Waals surface area contributed by atoms with Crippen molar-refractivity contribution in [2.75, 3.05) is 45.8 Å². The van der Waals surface area contributed by atoms with Crippen molar-refractivity contribution in [3.63, 3.8) is 0 Å². The van der Waals surface area contributed by atoms with E-state index in [-0.39, 0.29) is 0 Å². The van der Waals surface area contributed by atoms with Crippen molar-refractivity contribution in [2.24, 2.45) is 5.92 Å². The third kappa shape index (κ3) is 3.43. The Morgan fingerprint density at radius 3 is 2.00 bits per heavy atom. The summed E-state index contributed by atoms with van der Waals surface area (Å²) in [5.74, 6) is 0.807. The highest BCUT2D eigenvalue weighted by Crippen LogP contribution is 2.19. The molecule has 0 unspecified atom stereocenters. The largest absolute Gasteiger partial charge is 0.301 e. The quantitative estimate of drug-likeness (QED) is 0.733. The zero-order chi connectivity index (χ0) is 12.4. The number of piperazine rings is 1. The smallest absolute Gasteiger partial charge is 0.0351 e. The van der Waals surface area contributed by atoms with Gasteiger partial charge in [-0.2, -0.15) is 0 Å². The van der Waals surface area contributed by atoms with E-state index in [1.165, 1.54) is 45.8 Å². The van der Waals surface area contributed by atoms with Crippen LogP contribution in [0.15, 0.2) is 0 Å². The molecule has 2 heterocycles. The first kappa shape index (κ1) is 13.3. The molecule has 100 valence electrons. The van der Waals surface area contributed by atoms with Crippen LogP contribution in [0, 0.1) is 5.92 Å². The molecule has 3 nitrogen and oxygen atoms in total. The van der Waals surface area contributed by atoms with Gasteiger partial charge in [-0.1, -0.05) is 13.8 Å². The van der Waals surface area contributed by atoms with E-state index in [0.717, 1.165) is 18.0 Å². The van der Waals surface area contributed by atoms with Crippen molar-refractivity contribution < 1.29 is 0 Å². The van der Waals surface area contributed by atoms with E-state index in [9.17, 15) is 0 Å². The maximum atomic E-state index is 2.70. The third-order valence-corrected chi connectivity index (χ3v) is 4.17. The standard InChI is InChI=1S/C14H29N3/c1-12(2)9-15-5-7-16(8-6-15)14-10-17(11-14)13(3)4/h12-14H,5-11H2,1-4H3. The Bertz CT molecular complexity index is 226. The SMILES string of the molecule is CC(C)CN1CCN(C2CN(C(C)C)C2)CC1. The van der Waals surface area contributed by atoms with Gasteiger partial charge in [0.2, 0.25) is 0 Å². The summed E-state index contributed by atoms with van der Waals surface area (Å²) in [6.07, 6.45) is 0. The van der Waals surface area contributed by atoms with Crippen LogP contribution in [0.2, 0.25) is 0 Å². The van der Waals surface area contributed by atoms with E-state index in [1.54, 1.807) is 0 Å². The maximum absolute atomic E-state index is 2.70. The molecule has 0 amide bonds. The molecule has 2 fully saturated rings. The Labute approximate surface area is 107 Å². The van der Waals surface area contributed by atoms with Gasteiger partial charge >= 0.3 is 0 Å². The van der Waals surface area contributed by atoms with E-state index in [4.69, 9.17) is 0 Å². The monoisotopic (exact) mass is 239 g/mol. The molecule has 0 aromatic rings. The molecule has 0 spiro atoms. The Morgan fingerprint density at radius 1 is 0.941 bits per heavy atom. The van der Waals surface area contributed by atoms with Gasteiger partial charge in [-0.25, -0.2) is 0 Å². The fourth-order valence-electron chi connectivity index (χ4n) is 2.97. The van der Waals surface area contributed by atoms with Gasteiger partial charge in [-0.05, 0) is 19.8 Å². The van der Waals surface area contributed by atoms with Crippen LogP contribution in [-0.2, 0) is 0 Å². The summed E-state index contributed by atoms with van der Waals surface area (Å²) < 4.78 is 0. The second-order valence-corrected chi connectivity index (χ2v) is 6.43. The number of hydrogen-bond donors (Lipinski definition) is 0. The molecular weight excluding hydrogens is 210 g/mol. The lowest BCUT2D eigenvalue weighted by Gasteiger charge is -2.49. The first-order valence-electron chi connectivity index (χ1n) is 7.26. The molecular formula is C14H29N3. The van der Waals surface area contributed by atoms with Crippen LogP contribution in [0.5, 0.6) is 0 Å². The van der Waals surface area contributed by atoms with Crippen LogP contribution < -0.4 is 0 Å². The van der Waals surface area contributed by atoms with Gasteiger partial charge in [0.15, 0.2) is 0 Å². The van der Waals surface area contributed by atoms with Crippen LogP contribution in [0.3, 0.4) is 0 Å². The van der Waals surface area contributed by atoms with Gasteiger partial charge in [-0.15, -0.1) is 0 Å². The molecule has 2 saturated heterocycles. The molecule has 17 heavy (non-hydrogen) atoms. The predicted octanol–water partition coefficient (Wildman–Crippen LogP) is 1.35. The molecule has 2 rings (SSSR count). The Balaban J connectivity index is 1.67. The van der Waals surface area contributed by atoms with Crippen molar-refractivity contribution in [3.8, 4) is 0 Å². The molecule has 0 saturated carbocycles. The summed E-state index contributed by atoms with van der Waals surface area (Å²) in [7, 11) is 0. The lowest BCUT2D eigenvalue weighted by atomic mass is 10.0. The number of rotatable bonds is 4. The minimum absolute atomic E-state index is 0.730. The first-order chi connectivity index (χ1) is 8.06. The van der Waals surface area contributed by atoms with Gasteiger partial charge in [0.25, 0.3) is 0 Å². The lowest BCUT2D eigenvalue weighted by molar-refractivity contribution is -0.0107. The highest BCUT2D eigenvalue weighted by atomic mass is 15.4. The molecule has 0 aliphatic carbocycles. The van der Waals surface area contributed by atoms with E-state index in [2.05, 4.69) is 42.4 Å². The van der Waals surface area contributed by atoms with Gasteiger partial charge in [0.1, 0.15) is 0 Å². The van der Waals surface area contributed by atoms with Gasteiger partial charge in [-0.3, -0.25) is 9.80 Å². The molecule has 0 N–H and O–H groups in total. The minimum atomic E-state index is 0.730. The number of likely N-dealkylation sites (tertiary alicyclic amines) is 1. The second-order valence-electron chi connectivity index (χ2n) is 6.43. The van der Waals surface area contributed by atoms with Crippen LogP contribution in [0.25, 0.3) is 0 Å².